The number of hydrogen-bond donors (Lipinski definition) is 2. The van der Waals surface area contributed by atoms with Crippen LogP contribution in [-0.4, -0.2) is 11.5 Å². The average molecular weight is 251 g/mol. The van der Waals surface area contributed by atoms with E-state index in [2.05, 4.69) is 33.0 Å². The first-order valence-electron chi connectivity index (χ1n) is 6.01. The Balaban J connectivity index is 2.83. The highest BCUT2D eigenvalue weighted by Crippen LogP contribution is 2.28. The summed E-state index contributed by atoms with van der Waals surface area (Å²) in [5.74, 6) is 0.515. The van der Waals surface area contributed by atoms with Gasteiger partial charge in [0.1, 0.15) is 0 Å². The normalized spacial score (nSPS) is 11.6. The molecule has 0 radical (unpaired) electrons. The molecule has 5 nitrogen and oxygen atoms in total. The van der Waals surface area contributed by atoms with Crippen LogP contribution >= 0.6 is 0 Å². The lowest BCUT2D eigenvalue weighted by Crippen LogP contribution is -2.28. The molecule has 0 amide bonds. The largest absolute Gasteiger partial charge is 0.398 e. The van der Waals surface area contributed by atoms with Crippen LogP contribution in [0.1, 0.15) is 27.7 Å². The summed E-state index contributed by atoms with van der Waals surface area (Å²) in [4.78, 5) is 10.3. The zero-order valence-corrected chi connectivity index (χ0v) is 11.4. The number of non-ortho nitro benzene ring substituents is 1. The fourth-order valence-electron chi connectivity index (χ4n) is 1.38. The number of nitro groups is 1. The molecule has 0 heterocycles. The molecule has 0 aliphatic rings. The first-order valence-corrected chi connectivity index (χ1v) is 6.01. The quantitative estimate of drug-likeness (QED) is 0.478. The van der Waals surface area contributed by atoms with E-state index in [-0.39, 0.29) is 11.1 Å². The minimum atomic E-state index is -0.435. The van der Waals surface area contributed by atoms with Crippen molar-refractivity contribution in [1.82, 2.24) is 0 Å². The van der Waals surface area contributed by atoms with E-state index in [1.807, 2.05) is 0 Å². The number of anilines is 2. The van der Waals surface area contributed by atoms with Crippen molar-refractivity contribution in [1.29, 1.82) is 0 Å². The molecule has 0 atom stereocenters. The molecule has 0 unspecified atom stereocenters. The highest BCUT2D eigenvalue weighted by atomic mass is 16.6. The summed E-state index contributed by atoms with van der Waals surface area (Å²) in [7, 11) is 0. The van der Waals surface area contributed by atoms with E-state index in [0.29, 0.717) is 17.3 Å². The minimum absolute atomic E-state index is 0.0138. The van der Waals surface area contributed by atoms with Crippen molar-refractivity contribution in [3.63, 3.8) is 0 Å². The third-order valence-electron chi connectivity index (χ3n) is 3.46. The van der Waals surface area contributed by atoms with E-state index in [4.69, 9.17) is 5.73 Å². The summed E-state index contributed by atoms with van der Waals surface area (Å²) in [5.41, 5.74) is 6.86. The number of nitro benzene ring substituents is 1. The van der Waals surface area contributed by atoms with Crippen LogP contribution in [0.3, 0.4) is 0 Å². The lowest BCUT2D eigenvalue weighted by Gasteiger charge is -2.29. The Morgan fingerprint density at radius 1 is 1.39 bits per heavy atom. The van der Waals surface area contributed by atoms with E-state index in [0.717, 1.165) is 6.54 Å². The second-order valence-electron chi connectivity index (χ2n) is 5.57. The molecule has 0 saturated heterocycles. The number of nitrogens with zero attached hydrogens (tertiary/aromatic N) is 1. The van der Waals surface area contributed by atoms with Gasteiger partial charge in [-0.25, -0.2) is 0 Å². The summed E-state index contributed by atoms with van der Waals surface area (Å²) in [6.07, 6.45) is 0. The van der Waals surface area contributed by atoms with Gasteiger partial charge in [-0.1, -0.05) is 27.7 Å². The molecule has 0 aliphatic heterocycles. The molecule has 0 saturated carbocycles. The molecule has 100 valence electrons. The Hall–Kier alpha value is -1.78. The van der Waals surface area contributed by atoms with Gasteiger partial charge in [-0.15, -0.1) is 0 Å². The SMILES string of the molecule is CC(C)C(C)(C)CNc1cc(N)cc([N+](=O)[O-])c1. The number of benzene rings is 1. The Kier molecular flexibility index (Phi) is 4.16. The van der Waals surface area contributed by atoms with Crippen LogP contribution in [0.4, 0.5) is 17.1 Å². The Morgan fingerprint density at radius 3 is 2.50 bits per heavy atom. The third kappa shape index (κ3) is 3.61. The highest BCUT2D eigenvalue weighted by Gasteiger charge is 2.22. The first-order chi connectivity index (χ1) is 8.22. The number of nitrogen functional groups attached to an aromatic ring is 1. The fourth-order valence-corrected chi connectivity index (χ4v) is 1.38. The van der Waals surface area contributed by atoms with Crippen molar-refractivity contribution < 1.29 is 4.92 Å². The molecule has 1 aromatic rings. The van der Waals surface area contributed by atoms with Crippen LogP contribution in [0.25, 0.3) is 0 Å². The summed E-state index contributed by atoms with van der Waals surface area (Å²) in [6, 6.07) is 4.58. The topological polar surface area (TPSA) is 81.2 Å². The van der Waals surface area contributed by atoms with Gasteiger partial charge in [0.05, 0.1) is 4.92 Å². The molecule has 0 aromatic heterocycles. The second kappa shape index (κ2) is 5.25. The van der Waals surface area contributed by atoms with Crippen molar-refractivity contribution in [2.24, 2.45) is 11.3 Å². The molecular weight excluding hydrogens is 230 g/mol. The summed E-state index contributed by atoms with van der Waals surface area (Å²) >= 11 is 0. The van der Waals surface area contributed by atoms with Gasteiger partial charge < -0.3 is 11.1 Å². The number of nitrogens with two attached hydrogens (primary N) is 1. The maximum atomic E-state index is 10.7. The number of rotatable bonds is 5. The van der Waals surface area contributed by atoms with Gasteiger partial charge in [-0.2, -0.15) is 0 Å². The van der Waals surface area contributed by atoms with Crippen molar-refractivity contribution in [3.8, 4) is 0 Å². The summed E-state index contributed by atoms with van der Waals surface area (Å²) in [5, 5.41) is 14.0. The molecule has 0 spiro atoms. The van der Waals surface area contributed by atoms with E-state index < -0.39 is 4.92 Å². The van der Waals surface area contributed by atoms with Crippen LogP contribution in [-0.2, 0) is 0 Å². The second-order valence-corrected chi connectivity index (χ2v) is 5.57. The minimum Gasteiger partial charge on any atom is -0.398 e. The maximum absolute atomic E-state index is 10.7. The van der Waals surface area contributed by atoms with E-state index in [1.165, 1.54) is 12.1 Å². The first kappa shape index (κ1) is 14.3. The maximum Gasteiger partial charge on any atom is 0.273 e. The van der Waals surface area contributed by atoms with Crippen LogP contribution in [0, 0.1) is 21.4 Å². The molecule has 3 N–H and O–H groups in total. The molecule has 0 bridgehead atoms. The summed E-state index contributed by atoms with van der Waals surface area (Å²) < 4.78 is 0. The van der Waals surface area contributed by atoms with Gasteiger partial charge in [-0.3, -0.25) is 10.1 Å². The van der Waals surface area contributed by atoms with E-state index in [9.17, 15) is 10.1 Å². The molecule has 18 heavy (non-hydrogen) atoms. The van der Waals surface area contributed by atoms with Gasteiger partial charge in [0, 0.05) is 30.1 Å². The van der Waals surface area contributed by atoms with Gasteiger partial charge >= 0.3 is 0 Å². The zero-order chi connectivity index (χ0) is 13.9. The molecular formula is C13H21N3O2. The van der Waals surface area contributed by atoms with Gasteiger partial charge in [0.2, 0.25) is 0 Å². The highest BCUT2D eigenvalue weighted by molar-refractivity contribution is 5.61. The van der Waals surface area contributed by atoms with E-state index in [1.54, 1.807) is 6.07 Å². The zero-order valence-electron chi connectivity index (χ0n) is 11.4. The van der Waals surface area contributed by atoms with Gasteiger partial charge in [-0.05, 0) is 17.4 Å². The van der Waals surface area contributed by atoms with Crippen molar-refractivity contribution >= 4 is 17.1 Å². The average Bonchev–Trinajstić information content (AvgIpc) is 2.25. The lowest BCUT2D eigenvalue weighted by atomic mass is 9.81. The molecule has 0 fully saturated rings. The van der Waals surface area contributed by atoms with Crippen LogP contribution in [0.15, 0.2) is 18.2 Å². The fraction of sp³-hybridized carbons (Fsp3) is 0.538. The molecule has 1 aromatic carbocycles. The molecule has 0 aliphatic carbocycles. The third-order valence-corrected chi connectivity index (χ3v) is 3.46. The molecule has 1 rings (SSSR count). The Morgan fingerprint density at radius 2 is 2.00 bits per heavy atom. The van der Waals surface area contributed by atoms with Gasteiger partial charge in [0.25, 0.3) is 5.69 Å². The van der Waals surface area contributed by atoms with Crippen molar-refractivity contribution in [2.75, 3.05) is 17.6 Å². The summed E-state index contributed by atoms with van der Waals surface area (Å²) in [6.45, 7) is 9.37. The predicted octanol–water partition coefficient (Wildman–Crippen LogP) is 3.27. The monoisotopic (exact) mass is 251 g/mol. The van der Waals surface area contributed by atoms with Crippen molar-refractivity contribution in [3.05, 3.63) is 28.3 Å². The lowest BCUT2D eigenvalue weighted by molar-refractivity contribution is -0.384. The molecule has 5 heteroatoms. The van der Waals surface area contributed by atoms with E-state index >= 15 is 0 Å². The number of nitrogens with one attached hydrogen (secondary N) is 1. The standard InChI is InChI=1S/C13H21N3O2/c1-9(2)13(3,4)8-15-11-5-10(14)6-12(7-11)16(17)18/h5-7,9,15H,8,14H2,1-4H3. The van der Waals surface area contributed by atoms with Crippen LogP contribution in [0.5, 0.6) is 0 Å². The van der Waals surface area contributed by atoms with Gasteiger partial charge in [0.15, 0.2) is 0 Å². The van der Waals surface area contributed by atoms with Crippen LogP contribution in [0.2, 0.25) is 0 Å². The Labute approximate surface area is 108 Å². The Bertz CT molecular complexity index is 442. The predicted molar refractivity (Wildman–Crippen MR) is 74.6 cm³/mol. The van der Waals surface area contributed by atoms with Crippen molar-refractivity contribution in [2.45, 2.75) is 27.7 Å². The van der Waals surface area contributed by atoms with Crippen LogP contribution < -0.4 is 11.1 Å². The number of hydrogen-bond acceptors (Lipinski definition) is 4. The smallest absolute Gasteiger partial charge is 0.273 e.